The Labute approximate surface area is 636 Å². The van der Waals surface area contributed by atoms with Crippen molar-refractivity contribution < 1.29 is 8.83 Å². The van der Waals surface area contributed by atoms with E-state index in [0.717, 1.165) is 166 Å². The van der Waals surface area contributed by atoms with E-state index in [1.54, 1.807) is 0 Å². The highest BCUT2D eigenvalue weighted by Crippen LogP contribution is 2.44. The van der Waals surface area contributed by atoms with Gasteiger partial charge in [0.1, 0.15) is 34.3 Å². The van der Waals surface area contributed by atoms with Gasteiger partial charge in [-0.05, 0) is 143 Å². The first-order valence-corrected chi connectivity index (χ1v) is 37.1. The molecule has 20 rings (SSSR count). The van der Waals surface area contributed by atoms with Gasteiger partial charge in [0.15, 0.2) is 23.3 Å². The van der Waals surface area contributed by atoms with E-state index < -0.39 is 6.17 Å². The minimum atomic E-state index is -0.531. The van der Waals surface area contributed by atoms with Crippen LogP contribution in [0.4, 0.5) is 0 Å². The summed E-state index contributed by atoms with van der Waals surface area (Å²) in [4.78, 5) is 27.0. The molecule has 0 fully saturated rings. The Bertz CT molecular complexity index is 6700. The molecule has 0 saturated heterocycles. The molecule has 8 heteroatoms. The van der Waals surface area contributed by atoms with E-state index >= 15 is 0 Å². The fourth-order valence-electron chi connectivity index (χ4n) is 15.4. The monoisotopic (exact) mass is 1410 g/mol. The first kappa shape index (κ1) is 64.8. The van der Waals surface area contributed by atoms with Crippen LogP contribution >= 0.6 is 0 Å². The highest BCUT2D eigenvalue weighted by atomic mass is 16.3. The third kappa shape index (κ3) is 12.5. The summed E-state index contributed by atoms with van der Waals surface area (Å²) in [5, 5.41) is 7.82. The van der Waals surface area contributed by atoms with E-state index in [4.69, 9.17) is 33.8 Å². The maximum atomic E-state index is 6.77. The van der Waals surface area contributed by atoms with Gasteiger partial charge in [-0.3, -0.25) is 0 Å². The van der Waals surface area contributed by atoms with Crippen LogP contribution in [0.5, 0.6) is 0 Å². The number of hydrogen-bond donors (Lipinski definition) is 1. The number of aromatic nitrogens is 3. The minimum absolute atomic E-state index is 0.531. The summed E-state index contributed by atoms with van der Waals surface area (Å²) in [6.07, 6.45) is -0.531. The first-order chi connectivity index (χ1) is 54.4. The van der Waals surface area contributed by atoms with Crippen LogP contribution in [0.25, 0.3) is 178 Å². The van der Waals surface area contributed by atoms with Gasteiger partial charge in [-0.15, -0.1) is 0 Å². The molecule has 110 heavy (non-hydrogen) atoms. The number of benzene rings is 16. The highest BCUT2D eigenvalue weighted by Gasteiger charge is 2.27. The van der Waals surface area contributed by atoms with Crippen LogP contribution in [0, 0.1) is 0 Å². The summed E-state index contributed by atoms with van der Waals surface area (Å²) in [6.45, 7) is 0. The maximum absolute atomic E-state index is 6.77. The molecule has 0 radical (unpaired) electrons. The Morgan fingerprint density at radius 3 is 1.11 bits per heavy atom. The number of fused-ring (bicyclic) bond motifs is 6. The SMILES string of the molecule is c1ccc(-c2ccc(C3=NC(c4cccc5oc6cc(-c7ccc(-c8ccccc8)cc7)ccc6c45)NC(c4ccc(-c5ccccc5)c(-c5ccc(-c6ccc(-c7nc(-c8ccc(-c9ccccc9)cc8)nc(-c8cc(-c9ccc(-c%10ccccc%10)cc9)cc9oc%10ccccc%10c89)n7)cc6)cc5)c4)=N3)cc2)cc1. The number of para-hydroxylation sites is 1. The number of amidine groups is 2. The van der Waals surface area contributed by atoms with E-state index in [0.29, 0.717) is 29.1 Å². The lowest BCUT2D eigenvalue weighted by atomic mass is 9.91. The van der Waals surface area contributed by atoms with Crippen LogP contribution in [0.1, 0.15) is 22.9 Å². The molecule has 0 saturated carbocycles. The number of rotatable bonds is 15. The lowest BCUT2D eigenvalue weighted by molar-refractivity contribution is 0.662. The number of hydrogen-bond acceptors (Lipinski definition) is 8. The zero-order valence-electron chi connectivity index (χ0n) is 59.6. The van der Waals surface area contributed by atoms with E-state index in [1.165, 1.54) is 11.1 Å². The van der Waals surface area contributed by atoms with Gasteiger partial charge in [-0.1, -0.05) is 346 Å². The fourth-order valence-corrected chi connectivity index (χ4v) is 15.4. The topological polar surface area (TPSA) is 102 Å². The molecular weight excluding hydrogens is 1340 g/mol. The van der Waals surface area contributed by atoms with E-state index in [-0.39, 0.29) is 0 Å². The summed E-state index contributed by atoms with van der Waals surface area (Å²) in [6, 6.07) is 136. The van der Waals surface area contributed by atoms with Gasteiger partial charge in [0.05, 0.1) is 0 Å². The molecule has 1 N–H and O–H groups in total. The highest BCUT2D eigenvalue weighted by molar-refractivity contribution is 6.16. The fraction of sp³-hybridized carbons (Fsp3) is 0.00980. The molecule has 19 aromatic rings. The van der Waals surface area contributed by atoms with E-state index in [9.17, 15) is 0 Å². The molecule has 3 aromatic heterocycles. The third-order valence-corrected chi connectivity index (χ3v) is 21.1. The summed E-state index contributed by atoms with van der Waals surface area (Å²) in [7, 11) is 0. The standard InChI is InChI=1S/C102H66N6O2/c1-6-19-65(20-7-1)69-33-37-75(38-34-69)82-57-60-87-93(63-82)110-92-32-18-30-88(95(87)92)101-105-99(81-53-45-72(46-54-81)68-25-12-4-13-26-68)104-100(108-101)83-58-59-85(77-27-14-5-15-28-77)89(61-83)78-49-41-73(42-50-78)74-47-55-80(56-48-74)98-103-97(79-51-43-71(44-52-79)67-23-10-3-11-24-67)106-102(107-98)90-62-84(64-94-96(90)86-29-16-17-31-91(86)109-94)76-39-35-70(36-40-76)66-21-8-2-9-22-66/h1-64,101H,(H,104,105,108). The van der Waals surface area contributed by atoms with Gasteiger partial charge in [0.25, 0.3) is 0 Å². The molecule has 0 spiro atoms. The molecule has 516 valence electrons. The second kappa shape index (κ2) is 28.0. The number of aliphatic imine (C=N–C) groups is 2. The van der Waals surface area contributed by atoms with Crippen molar-refractivity contribution in [2.24, 2.45) is 9.98 Å². The van der Waals surface area contributed by atoms with Crippen LogP contribution in [0.3, 0.4) is 0 Å². The van der Waals surface area contributed by atoms with Gasteiger partial charge < -0.3 is 14.2 Å². The Hall–Kier alpha value is -14.7. The van der Waals surface area contributed by atoms with Crippen molar-refractivity contribution in [2.75, 3.05) is 0 Å². The number of nitrogens with one attached hydrogen (secondary N) is 1. The molecule has 0 amide bonds. The summed E-state index contributed by atoms with van der Waals surface area (Å²) in [5.74, 6) is 2.99. The van der Waals surface area contributed by atoms with Crippen molar-refractivity contribution in [3.63, 3.8) is 0 Å². The Morgan fingerprint density at radius 2 is 0.582 bits per heavy atom. The van der Waals surface area contributed by atoms with Gasteiger partial charge in [0, 0.05) is 54.9 Å². The predicted molar refractivity (Wildman–Crippen MR) is 451 cm³/mol. The van der Waals surface area contributed by atoms with Gasteiger partial charge >= 0.3 is 0 Å². The quantitative estimate of drug-likeness (QED) is 0.110. The van der Waals surface area contributed by atoms with Gasteiger partial charge in [-0.25, -0.2) is 24.9 Å². The van der Waals surface area contributed by atoms with Crippen LogP contribution in [-0.4, -0.2) is 26.6 Å². The van der Waals surface area contributed by atoms with Gasteiger partial charge in [0.2, 0.25) is 0 Å². The minimum Gasteiger partial charge on any atom is -0.456 e. The first-order valence-electron chi connectivity index (χ1n) is 37.1. The molecule has 1 aliphatic rings. The van der Waals surface area contributed by atoms with Crippen LogP contribution in [0.15, 0.2) is 407 Å². The van der Waals surface area contributed by atoms with Crippen molar-refractivity contribution in [2.45, 2.75) is 6.17 Å². The zero-order valence-corrected chi connectivity index (χ0v) is 59.6. The molecule has 1 aliphatic heterocycles. The number of furan rings is 2. The third-order valence-electron chi connectivity index (χ3n) is 21.1. The zero-order chi connectivity index (χ0) is 72.9. The predicted octanol–water partition coefficient (Wildman–Crippen LogP) is 26.2. The van der Waals surface area contributed by atoms with Crippen molar-refractivity contribution in [3.05, 3.63) is 405 Å². The lowest BCUT2D eigenvalue weighted by Gasteiger charge is -2.25. The molecule has 8 nitrogen and oxygen atoms in total. The summed E-state index contributed by atoms with van der Waals surface area (Å²) >= 11 is 0. The van der Waals surface area contributed by atoms with E-state index in [1.807, 2.05) is 36.4 Å². The average molecular weight is 1410 g/mol. The normalized spacial score (nSPS) is 12.8. The van der Waals surface area contributed by atoms with Crippen LogP contribution in [-0.2, 0) is 0 Å². The Morgan fingerprint density at radius 1 is 0.218 bits per heavy atom. The van der Waals surface area contributed by atoms with Crippen molar-refractivity contribution in [1.82, 2.24) is 20.3 Å². The molecule has 16 aromatic carbocycles. The molecule has 0 aliphatic carbocycles. The summed E-state index contributed by atoms with van der Waals surface area (Å²) in [5.41, 5.74) is 28.4. The second-order valence-electron chi connectivity index (χ2n) is 27.8. The van der Waals surface area contributed by atoms with Crippen molar-refractivity contribution in [1.29, 1.82) is 0 Å². The van der Waals surface area contributed by atoms with Crippen molar-refractivity contribution in [3.8, 4) is 134 Å². The number of nitrogens with zero attached hydrogens (tertiary/aromatic N) is 5. The molecule has 4 heterocycles. The molecule has 1 unspecified atom stereocenters. The average Bonchev–Trinajstić information content (AvgIpc) is 1.49. The van der Waals surface area contributed by atoms with Crippen LogP contribution in [0.2, 0.25) is 0 Å². The Balaban J connectivity index is 0.650. The van der Waals surface area contributed by atoms with E-state index in [2.05, 4.69) is 357 Å². The molecular formula is C102H66N6O2. The van der Waals surface area contributed by atoms with Crippen LogP contribution < -0.4 is 5.32 Å². The summed E-state index contributed by atoms with van der Waals surface area (Å²) < 4.78 is 13.5. The smallest absolute Gasteiger partial charge is 0.164 e. The molecule has 0 bridgehead atoms. The largest absolute Gasteiger partial charge is 0.456 e. The van der Waals surface area contributed by atoms with Crippen molar-refractivity contribution >= 4 is 55.5 Å². The molecule has 1 atom stereocenters. The maximum Gasteiger partial charge on any atom is 0.164 e. The Kier molecular flexibility index (Phi) is 16.5. The lowest BCUT2D eigenvalue weighted by Crippen LogP contribution is -2.33. The second-order valence-corrected chi connectivity index (χ2v) is 27.8. The van der Waals surface area contributed by atoms with Gasteiger partial charge in [-0.2, -0.15) is 0 Å².